The highest BCUT2D eigenvalue weighted by Gasteiger charge is 2.39. The van der Waals surface area contributed by atoms with Crippen molar-refractivity contribution < 1.29 is 12.8 Å². The number of rotatable bonds is 5. The summed E-state index contributed by atoms with van der Waals surface area (Å²) in [6, 6.07) is 10.8. The Morgan fingerprint density at radius 3 is 2.55 bits per heavy atom. The highest BCUT2D eigenvalue weighted by atomic mass is 32.2. The molecule has 0 atom stereocenters. The van der Waals surface area contributed by atoms with Crippen LogP contribution in [0.3, 0.4) is 0 Å². The van der Waals surface area contributed by atoms with Crippen molar-refractivity contribution in [3.8, 4) is 0 Å². The monoisotopic (exact) mass is 291 g/mol. The van der Waals surface area contributed by atoms with E-state index < -0.39 is 10.0 Å². The average Bonchev–Trinajstić information content (AvgIpc) is 3.12. The molecule has 2 aromatic rings. The molecule has 1 heterocycles. The fraction of sp³-hybridized carbons (Fsp3) is 0.333. The zero-order valence-corrected chi connectivity index (χ0v) is 12.1. The summed E-state index contributed by atoms with van der Waals surface area (Å²) in [5, 5.41) is 0. The fourth-order valence-electron chi connectivity index (χ4n) is 2.30. The molecule has 106 valence electrons. The van der Waals surface area contributed by atoms with Crippen LogP contribution in [0.2, 0.25) is 0 Å². The molecule has 0 spiro atoms. The maximum absolute atomic E-state index is 12.8. The van der Waals surface area contributed by atoms with Crippen LogP contribution >= 0.6 is 0 Å². The van der Waals surface area contributed by atoms with Gasteiger partial charge in [0.25, 0.3) is 0 Å². The summed E-state index contributed by atoms with van der Waals surface area (Å²) in [6.45, 7) is 2.12. The maximum atomic E-state index is 12.8. The second-order valence-corrected chi connectivity index (χ2v) is 6.99. The summed E-state index contributed by atoms with van der Waals surface area (Å²) in [7, 11) is -3.47. The first kappa shape index (κ1) is 13.4. The zero-order valence-electron chi connectivity index (χ0n) is 11.3. The van der Waals surface area contributed by atoms with Crippen LogP contribution in [0.4, 0.5) is 0 Å². The van der Waals surface area contributed by atoms with Gasteiger partial charge in [-0.3, -0.25) is 0 Å². The lowest BCUT2D eigenvalue weighted by Crippen LogP contribution is -2.33. The average molecular weight is 291 g/mol. The van der Waals surface area contributed by atoms with Crippen LogP contribution in [0.15, 0.2) is 52.0 Å². The highest BCUT2D eigenvalue weighted by Crippen LogP contribution is 2.34. The van der Waals surface area contributed by atoms with Gasteiger partial charge in [0, 0.05) is 6.04 Å². The molecule has 0 N–H and O–H groups in total. The molecule has 0 amide bonds. The van der Waals surface area contributed by atoms with Gasteiger partial charge in [-0.15, -0.1) is 0 Å². The highest BCUT2D eigenvalue weighted by molar-refractivity contribution is 7.89. The van der Waals surface area contributed by atoms with E-state index in [-0.39, 0.29) is 6.04 Å². The van der Waals surface area contributed by atoms with E-state index in [2.05, 4.69) is 0 Å². The van der Waals surface area contributed by atoms with Gasteiger partial charge in [0.05, 0.1) is 17.7 Å². The summed E-state index contributed by atoms with van der Waals surface area (Å²) in [6.07, 6.45) is 3.42. The molecule has 0 saturated heterocycles. The van der Waals surface area contributed by atoms with E-state index in [9.17, 15) is 8.42 Å². The van der Waals surface area contributed by atoms with Crippen molar-refractivity contribution in [1.29, 1.82) is 0 Å². The maximum Gasteiger partial charge on any atom is 0.243 e. The molecule has 5 heteroatoms. The van der Waals surface area contributed by atoms with Crippen molar-refractivity contribution in [3.63, 3.8) is 0 Å². The Bertz CT molecular complexity index is 688. The molecular formula is C15H17NO3S. The molecule has 1 aromatic carbocycles. The van der Waals surface area contributed by atoms with Crippen molar-refractivity contribution in [1.82, 2.24) is 4.31 Å². The Hall–Kier alpha value is -1.59. The number of benzene rings is 1. The number of hydrogen-bond donors (Lipinski definition) is 0. The summed E-state index contributed by atoms with van der Waals surface area (Å²) in [5.74, 6) is 0.675. The molecule has 1 aromatic heterocycles. The SMILES string of the molecule is Cc1ccccc1S(=O)(=O)N(Cc1ccco1)C1CC1. The Morgan fingerprint density at radius 2 is 1.95 bits per heavy atom. The van der Waals surface area contributed by atoms with Crippen molar-refractivity contribution in [2.75, 3.05) is 0 Å². The summed E-state index contributed by atoms with van der Waals surface area (Å²) in [4.78, 5) is 0.387. The van der Waals surface area contributed by atoms with Gasteiger partial charge in [-0.25, -0.2) is 8.42 Å². The lowest BCUT2D eigenvalue weighted by molar-refractivity contribution is 0.356. The second-order valence-electron chi connectivity index (χ2n) is 5.13. The topological polar surface area (TPSA) is 50.5 Å². The standard InChI is InChI=1S/C15H17NO3S/c1-12-5-2-3-7-15(12)20(17,18)16(13-8-9-13)11-14-6-4-10-19-14/h2-7,10,13H,8-9,11H2,1H3. The minimum atomic E-state index is -3.47. The number of furan rings is 1. The van der Waals surface area contributed by atoms with E-state index in [1.54, 1.807) is 28.8 Å². The number of nitrogens with zero attached hydrogens (tertiary/aromatic N) is 1. The van der Waals surface area contributed by atoms with E-state index in [4.69, 9.17) is 4.42 Å². The van der Waals surface area contributed by atoms with E-state index in [0.29, 0.717) is 17.2 Å². The van der Waals surface area contributed by atoms with Gasteiger partial charge in [-0.1, -0.05) is 18.2 Å². The quantitative estimate of drug-likeness (QED) is 0.851. The van der Waals surface area contributed by atoms with Crippen LogP contribution < -0.4 is 0 Å². The van der Waals surface area contributed by atoms with E-state index in [1.807, 2.05) is 25.1 Å². The minimum absolute atomic E-state index is 0.102. The van der Waals surface area contributed by atoms with Crippen molar-refractivity contribution in [3.05, 3.63) is 54.0 Å². The molecule has 1 aliphatic carbocycles. The molecular weight excluding hydrogens is 274 g/mol. The van der Waals surface area contributed by atoms with Gasteiger partial charge < -0.3 is 4.42 Å². The predicted molar refractivity (Wildman–Crippen MR) is 75.6 cm³/mol. The lowest BCUT2D eigenvalue weighted by atomic mass is 10.2. The van der Waals surface area contributed by atoms with E-state index in [0.717, 1.165) is 18.4 Å². The van der Waals surface area contributed by atoms with Gasteiger partial charge in [-0.2, -0.15) is 4.31 Å². The molecule has 0 unspecified atom stereocenters. The summed E-state index contributed by atoms with van der Waals surface area (Å²) in [5.41, 5.74) is 0.776. The third-order valence-electron chi connectivity index (χ3n) is 3.53. The molecule has 0 aliphatic heterocycles. The third-order valence-corrected chi connectivity index (χ3v) is 5.58. The molecule has 3 rings (SSSR count). The molecule has 20 heavy (non-hydrogen) atoms. The molecule has 0 radical (unpaired) electrons. The van der Waals surface area contributed by atoms with Crippen LogP contribution in [0.1, 0.15) is 24.2 Å². The first-order chi connectivity index (χ1) is 9.59. The van der Waals surface area contributed by atoms with Crippen LogP contribution in [0.5, 0.6) is 0 Å². The van der Waals surface area contributed by atoms with Crippen LogP contribution in [0.25, 0.3) is 0 Å². The van der Waals surface area contributed by atoms with Crippen LogP contribution in [0, 0.1) is 6.92 Å². The number of sulfonamides is 1. The van der Waals surface area contributed by atoms with E-state index in [1.165, 1.54) is 0 Å². The van der Waals surface area contributed by atoms with Gasteiger partial charge in [0.1, 0.15) is 5.76 Å². The zero-order chi connectivity index (χ0) is 14.2. The van der Waals surface area contributed by atoms with Gasteiger partial charge >= 0.3 is 0 Å². The first-order valence-electron chi connectivity index (χ1n) is 6.69. The number of aryl methyl sites for hydroxylation is 1. The lowest BCUT2D eigenvalue weighted by Gasteiger charge is -2.21. The van der Waals surface area contributed by atoms with Gasteiger partial charge in [0.2, 0.25) is 10.0 Å². The Balaban J connectivity index is 1.96. The first-order valence-corrected chi connectivity index (χ1v) is 8.13. The smallest absolute Gasteiger partial charge is 0.243 e. The Morgan fingerprint density at radius 1 is 1.20 bits per heavy atom. The van der Waals surface area contributed by atoms with Crippen molar-refractivity contribution in [2.45, 2.75) is 37.2 Å². The molecule has 1 fully saturated rings. The summed E-state index contributed by atoms with van der Waals surface area (Å²) < 4.78 is 32.6. The van der Waals surface area contributed by atoms with Crippen LogP contribution in [-0.2, 0) is 16.6 Å². The molecule has 1 saturated carbocycles. The minimum Gasteiger partial charge on any atom is -0.468 e. The van der Waals surface area contributed by atoms with Crippen LogP contribution in [-0.4, -0.2) is 18.8 Å². The third kappa shape index (κ3) is 2.51. The van der Waals surface area contributed by atoms with Gasteiger partial charge in [0.15, 0.2) is 0 Å². The normalized spacial score (nSPS) is 15.7. The largest absolute Gasteiger partial charge is 0.468 e. The van der Waals surface area contributed by atoms with E-state index >= 15 is 0 Å². The number of hydrogen-bond acceptors (Lipinski definition) is 3. The van der Waals surface area contributed by atoms with Crippen molar-refractivity contribution in [2.24, 2.45) is 0 Å². The molecule has 0 bridgehead atoms. The van der Waals surface area contributed by atoms with Gasteiger partial charge in [-0.05, 0) is 43.5 Å². The molecule has 4 nitrogen and oxygen atoms in total. The molecule has 1 aliphatic rings. The second kappa shape index (κ2) is 5.07. The van der Waals surface area contributed by atoms with Crippen molar-refractivity contribution >= 4 is 10.0 Å². The Kier molecular flexibility index (Phi) is 3.40. The predicted octanol–water partition coefficient (Wildman–Crippen LogP) is 2.94. The Labute approximate surface area is 119 Å². The summed E-state index contributed by atoms with van der Waals surface area (Å²) >= 11 is 0. The fourth-order valence-corrected chi connectivity index (χ4v) is 4.18.